The van der Waals surface area contributed by atoms with Gasteiger partial charge >= 0.3 is 6.18 Å². The fourth-order valence-corrected chi connectivity index (χ4v) is 5.97. The molecule has 0 aliphatic carbocycles. The van der Waals surface area contributed by atoms with E-state index in [0.29, 0.717) is 55.4 Å². The van der Waals surface area contributed by atoms with Crippen LogP contribution in [-0.2, 0) is 17.5 Å². The van der Waals surface area contributed by atoms with E-state index in [0.717, 1.165) is 12.1 Å². The zero-order chi connectivity index (χ0) is 31.8. The number of carbonyl (C=O) groups is 3. The van der Waals surface area contributed by atoms with Crippen molar-refractivity contribution in [2.45, 2.75) is 63.8 Å². The first kappa shape index (κ1) is 30.7. The SMILES string of the molecule is CCCn1nc(C(=O)N2CCC[C@H]2C#N)c2c1N(CC)C(=O)[C@H](NC(=O)c1cccc(C(F)(F)F)c1)[C@@H]2c1ccc(F)cc1. The summed E-state index contributed by atoms with van der Waals surface area (Å²) in [7, 11) is 0. The number of alkyl halides is 3. The number of carbonyl (C=O) groups excluding carboxylic acids is 3. The molecule has 3 atom stereocenters. The van der Waals surface area contributed by atoms with Crippen molar-refractivity contribution >= 4 is 23.5 Å². The van der Waals surface area contributed by atoms with E-state index in [1.54, 1.807) is 11.6 Å². The molecule has 230 valence electrons. The molecule has 3 amide bonds. The van der Waals surface area contributed by atoms with Crippen LogP contribution in [0.5, 0.6) is 0 Å². The number of aryl methyl sites for hydroxylation is 1. The summed E-state index contributed by atoms with van der Waals surface area (Å²) >= 11 is 0. The van der Waals surface area contributed by atoms with Crippen LogP contribution in [0.1, 0.15) is 76.6 Å². The second-order valence-electron chi connectivity index (χ2n) is 10.7. The molecule has 5 rings (SSSR count). The summed E-state index contributed by atoms with van der Waals surface area (Å²) in [6.07, 6.45) is -2.97. The Hall–Kier alpha value is -4.73. The third-order valence-electron chi connectivity index (χ3n) is 7.98. The number of likely N-dealkylation sites (N-methyl/N-ethyl adjacent to an activating group) is 1. The number of rotatable bonds is 7. The van der Waals surface area contributed by atoms with Gasteiger partial charge in [0.15, 0.2) is 5.69 Å². The van der Waals surface area contributed by atoms with E-state index in [2.05, 4.69) is 16.5 Å². The van der Waals surface area contributed by atoms with Crippen LogP contribution in [-0.4, -0.2) is 57.6 Å². The van der Waals surface area contributed by atoms with Crippen molar-refractivity contribution in [3.63, 3.8) is 0 Å². The van der Waals surface area contributed by atoms with Gasteiger partial charge in [0.1, 0.15) is 23.7 Å². The zero-order valence-corrected chi connectivity index (χ0v) is 24.1. The van der Waals surface area contributed by atoms with Crippen LogP contribution in [0.25, 0.3) is 0 Å². The number of hydrogen-bond donors (Lipinski definition) is 1. The lowest BCUT2D eigenvalue weighted by molar-refractivity contribution is -0.137. The van der Waals surface area contributed by atoms with Crippen LogP contribution in [0.4, 0.5) is 23.4 Å². The molecule has 1 saturated heterocycles. The van der Waals surface area contributed by atoms with Crippen LogP contribution in [0, 0.1) is 17.1 Å². The predicted octanol–water partition coefficient (Wildman–Crippen LogP) is 4.88. The van der Waals surface area contributed by atoms with Crippen molar-refractivity contribution in [1.29, 1.82) is 5.26 Å². The van der Waals surface area contributed by atoms with Crippen molar-refractivity contribution < 1.29 is 31.9 Å². The minimum Gasteiger partial charge on any atom is -0.339 e. The minimum atomic E-state index is -4.69. The Balaban J connectivity index is 1.69. The Labute approximate surface area is 251 Å². The van der Waals surface area contributed by atoms with Crippen LogP contribution in [0.15, 0.2) is 48.5 Å². The minimum absolute atomic E-state index is 0.00538. The fraction of sp³-hybridized carbons (Fsp3) is 0.387. The summed E-state index contributed by atoms with van der Waals surface area (Å²) in [4.78, 5) is 44.4. The van der Waals surface area contributed by atoms with Crippen molar-refractivity contribution in [2.24, 2.45) is 0 Å². The Kier molecular flexibility index (Phi) is 8.45. The number of nitriles is 1. The third kappa shape index (κ3) is 5.52. The van der Waals surface area contributed by atoms with Gasteiger partial charge in [-0.15, -0.1) is 0 Å². The van der Waals surface area contributed by atoms with E-state index >= 15 is 0 Å². The number of hydrogen-bond acceptors (Lipinski definition) is 5. The average Bonchev–Trinajstić information content (AvgIpc) is 3.63. The van der Waals surface area contributed by atoms with Gasteiger partial charge in [-0.25, -0.2) is 9.07 Å². The van der Waals surface area contributed by atoms with Crippen molar-refractivity contribution in [1.82, 2.24) is 20.0 Å². The van der Waals surface area contributed by atoms with Crippen LogP contribution >= 0.6 is 0 Å². The van der Waals surface area contributed by atoms with E-state index in [9.17, 15) is 37.2 Å². The molecule has 3 aromatic rings. The molecule has 2 aliphatic heterocycles. The maximum Gasteiger partial charge on any atom is 0.416 e. The summed E-state index contributed by atoms with van der Waals surface area (Å²) in [5.74, 6) is -3.28. The van der Waals surface area contributed by atoms with E-state index in [1.807, 2.05) is 6.92 Å². The topological polar surface area (TPSA) is 111 Å². The summed E-state index contributed by atoms with van der Waals surface area (Å²) in [6, 6.07) is 9.17. The van der Waals surface area contributed by atoms with Crippen LogP contribution in [0.3, 0.4) is 0 Å². The number of likely N-dealkylation sites (tertiary alicyclic amines) is 1. The number of fused-ring (bicyclic) bond motifs is 1. The Bertz CT molecular complexity index is 1630. The molecule has 0 saturated carbocycles. The smallest absolute Gasteiger partial charge is 0.339 e. The molecule has 44 heavy (non-hydrogen) atoms. The van der Waals surface area contributed by atoms with E-state index < -0.39 is 53.3 Å². The van der Waals surface area contributed by atoms with Gasteiger partial charge in [0, 0.05) is 36.7 Å². The highest BCUT2D eigenvalue weighted by atomic mass is 19.4. The maximum absolute atomic E-state index is 14.1. The Morgan fingerprint density at radius 2 is 1.86 bits per heavy atom. The van der Waals surface area contributed by atoms with Gasteiger partial charge < -0.3 is 10.2 Å². The van der Waals surface area contributed by atoms with Gasteiger partial charge in [0.05, 0.1) is 11.6 Å². The van der Waals surface area contributed by atoms with Crippen molar-refractivity contribution in [2.75, 3.05) is 18.0 Å². The molecule has 13 heteroatoms. The molecule has 1 aromatic heterocycles. The number of anilines is 1. The summed E-state index contributed by atoms with van der Waals surface area (Å²) in [5, 5.41) is 16.9. The van der Waals surface area contributed by atoms with E-state index in [4.69, 9.17) is 0 Å². The molecular formula is C31H30F4N6O3. The van der Waals surface area contributed by atoms with Gasteiger partial charge in [-0.1, -0.05) is 25.1 Å². The van der Waals surface area contributed by atoms with E-state index in [-0.39, 0.29) is 17.8 Å². The largest absolute Gasteiger partial charge is 0.416 e. The number of benzene rings is 2. The number of nitrogens with zero attached hydrogens (tertiary/aromatic N) is 5. The monoisotopic (exact) mass is 610 g/mol. The first-order valence-electron chi connectivity index (χ1n) is 14.4. The van der Waals surface area contributed by atoms with Crippen molar-refractivity contribution in [3.8, 4) is 6.07 Å². The normalized spacial score (nSPS) is 19.9. The quantitative estimate of drug-likeness (QED) is 0.384. The van der Waals surface area contributed by atoms with Gasteiger partial charge in [0.2, 0.25) is 0 Å². The Morgan fingerprint density at radius 3 is 2.50 bits per heavy atom. The summed E-state index contributed by atoms with van der Waals surface area (Å²) in [6.45, 7) is 4.42. The number of nitrogens with one attached hydrogen (secondary N) is 1. The number of amides is 3. The van der Waals surface area contributed by atoms with Gasteiger partial charge in [-0.3, -0.25) is 19.3 Å². The second kappa shape index (κ2) is 12.1. The van der Waals surface area contributed by atoms with Gasteiger partial charge in [0.25, 0.3) is 17.7 Å². The lowest BCUT2D eigenvalue weighted by atomic mass is 9.80. The molecule has 9 nitrogen and oxygen atoms in total. The molecule has 1 fully saturated rings. The van der Waals surface area contributed by atoms with Crippen molar-refractivity contribution in [3.05, 3.63) is 82.3 Å². The number of aromatic nitrogens is 2. The van der Waals surface area contributed by atoms with E-state index in [1.165, 1.54) is 40.1 Å². The lowest BCUT2D eigenvalue weighted by Gasteiger charge is -2.38. The standard InChI is InChI=1S/C31H30F4N6O3/c1-3-14-41-28-24(26(38-41)30(44)40-15-6-9-22(40)17-36)23(18-10-12-21(32)13-11-18)25(29(43)39(28)4-2)37-27(42)19-7-5-8-20(16-19)31(33,34)35/h5,7-8,10-13,16,22-23,25H,3-4,6,9,14-15H2,1-2H3,(H,37,42)/t22-,23+,25+/m0/s1. The molecule has 1 N–H and O–H groups in total. The highest BCUT2D eigenvalue weighted by molar-refractivity contribution is 6.07. The highest BCUT2D eigenvalue weighted by Crippen LogP contribution is 2.43. The molecule has 2 aromatic carbocycles. The zero-order valence-electron chi connectivity index (χ0n) is 24.1. The van der Waals surface area contributed by atoms with Gasteiger partial charge in [-0.2, -0.15) is 23.5 Å². The van der Waals surface area contributed by atoms with Crippen LogP contribution in [0.2, 0.25) is 0 Å². The third-order valence-corrected chi connectivity index (χ3v) is 7.98. The highest BCUT2D eigenvalue weighted by Gasteiger charge is 2.48. The average molecular weight is 611 g/mol. The molecule has 0 spiro atoms. The Morgan fingerprint density at radius 1 is 1.14 bits per heavy atom. The summed E-state index contributed by atoms with van der Waals surface area (Å²) < 4.78 is 55.8. The molecular weight excluding hydrogens is 580 g/mol. The first-order chi connectivity index (χ1) is 21.0. The maximum atomic E-state index is 14.1. The molecule has 0 unspecified atom stereocenters. The molecule has 3 heterocycles. The molecule has 0 bridgehead atoms. The van der Waals surface area contributed by atoms with Gasteiger partial charge in [-0.05, 0) is 62.1 Å². The predicted molar refractivity (Wildman–Crippen MR) is 151 cm³/mol. The summed E-state index contributed by atoms with van der Waals surface area (Å²) in [5.41, 5.74) is -0.650. The van der Waals surface area contributed by atoms with Crippen LogP contribution < -0.4 is 10.2 Å². The lowest BCUT2D eigenvalue weighted by Crippen LogP contribution is -2.55. The first-order valence-corrected chi connectivity index (χ1v) is 14.4. The number of halogens is 4. The fourth-order valence-electron chi connectivity index (χ4n) is 5.97. The molecule has 2 aliphatic rings. The molecule has 0 radical (unpaired) electrons. The second-order valence-corrected chi connectivity index (χ2v) is 10.7.